The highest BCUT2D eigenvalue weighted by Crippen LogP contribution is 2.19. The third kappa shape index (κ3) is 15.2. The Labute approximate surface area is 318 Å². The van der Waals surface area contributed by atoms with Crippen LogP contribution >= 0.6 is 0 Å². The summed E-state index contributed by atoms with van der Waals surface area (Å²) in [6, 6.07) is 4.07. The smallest absolute Gasteiger partial charge is 0.475 e. The van der Waals surface area contributed by atoms with E-state index in [0.717, 1.165) is 0 Å². The molecule has 21 heteroatoms. The van der Waals surface area contributed by atoms with Crippen LogP contribution in [0.15, 0.2) is 24.3 Å². The van der Waals surface area contributed by atoms with Crippen molar-refractivity contribution in [3.05, 3.63) is 29.8 Å². The maximum Gasteiger partial charge on any atom is 0.475 e. The van der Waals surface area contributed by atoms with Gasteiger partial charge in [-0.3, -0.25) is 53.2 Å². The van der Waals surface area contributed by atoms with Crippen molar-refractivity contribution in [2.75, 3.05) is 90.4 Å². The summed E-state index contributed by atoms with van der Waals surface area (Å²) in [5.41, 5.74) is 0.746. The second kappa shape index (κ2) is 22.0. The van der Waals surface area contributed by atoms with Gasteiger partial charge in [-0.15, -0.1) is 0 Å². The van der Waals surface area contributed by atoms with Gasteiger partial charge in [0.05, 0.1) is 32.1 Å². The Hall–Kier alpha value is -4.67. The molecule has 0 aliphatic carbocycles. The largest absolute Gasteiger partial charge is 0.480 e. The van der Waals surface area contributed by atoms with Crippen LogP contribution in [0.1, 0.15) is 43.0 Å². The molecule has 304 valence electrons. The molecule has 0 spiro atoms. The van der Waals surface area contributed by atoms with Crippen LogP contribution in [-0.4, -0.2) is 207 Å². The molecule has 1 aromatic rings. The fourth-order valence-corrected chi connectivity index (χ4v) is 6.67. The first-order valence-electron chi connectivity index (χ1n) is 18.2. The number of amides is 2. The van der Waals surface area contributed by atoms with E-state index in [2.05, 4.69) is 10.6 Å². The normalized spacial score (nSPS) is 19.3. The van der Waals surface area contributed by atoms with E-state index in [9.17, 15) is 64.0 Å². The van der Waals surface area contributed by atoms with E-state index in [0.29, 0.717) is 25.1 Å². The number of carbonyl (C=O) groups is 7. The lowest BCUT2D eigenvalue weighted by Crippen LogP contribution is -2.52. The Morgan fingerprint density at radius 2 is 1.24 bits per heavy atom. The van der Waals surface area contributed by atoms with Crippen molar-refractivity contribution in [2.45, 2.75) is 50.6 Å². The number of rotatable bonds is 18. The number of nitrogens with one attached hydrogen (secondary N) is 2. The molecule has 2 amide bonds. The topological polar surface area (TPSA) is 281 Å². The number of hydrogen-bond donors (Lipinski definition) is 8. The lowest BCUT2D eigenvalue weighted by atomic mass is 9.78. The molecule has 0 saturated carbocycles. The van der Waals surface area contributed by atoms with E-state index in [4.69, 9.17) is 0 Å². The van der Waals surface area contributed by atoms with E-state index in [-0.39, 0.29) is 103 Å². The first-order chi connectivity index (χ1) is 26.0. The summed E-state index contributed by atoms with van der Waals surface area (Å²) in [7, 11) is -1.67. The van der Waals surface area contributed by atoms with Gasteiger partial charge in [-0.05, 0) is 50.5 Å². The summed E-state index contributed by atoms with van der Waals surface area (Å²) < 4.78 is 0. The van der Waals surface area contributed by atoms with Crippen LogP contribution in [0.3, 0.4) is 0 Å². The summed E-state index contributed by atoms with van der Waals surface area (Å²) in [5, 5.41) is 63.1. The molecule has 2 aliphatic heterocycles. The summed E-state index contributed by atoms with van der Waals surface area (Å²) in [5.74, 6) is -6.50. The SMILES string of the molecule is C[C@@H](NC(=O)c1ccc(NCC(=O)CCC(C(=O)O)N2CCN(CC(=O)O)CCN(CC(=O)O)CCN(CC(=O)O)CC2)cc1)C(=O)N1CCC[C@H]1B(O)O. The highest BCUT2D eigenvalue weighted by molar-refractivity contribution is 6.43. The molecule has 55 heavy (non-hydrogen) atoms. The molecule has 0 bridgehead atoms. The highest BCUT2D eigenvalue weighted by Gasteiger charge is 2.38. The Bertz CT molecular complexity index is 1470. The molecule has 1 aromatic carbocycles. The Balaban J connectivity index is 1.59. The van der Waals surface area contributed by atoms with Crippen molar-refractivity contribution in [2.24, 2.45) is 0 Å². The quantitative estimate of drug-likeness (QED) is 0.0715. The number of carboxylic acid groups (broad SMARTS) is 4. The zero-order chi connectivity index (χ0) is 40.7. The summed E-state index contributed by atoms with van der Waals surface area (Å²) in [6.07, 6.45) is 0.863. The minimum absolute atomic E-state index is 0.0778. The number of ketones is 1. The molecule has 2 heterocycles. The van der Waals surface area contributed by atoms with E-state index >= 15 is 0 Å². The van der Waals surface area contributed by atoms with Crippen LogP contribution in [-0.2, 0) is 28.8 Å². The average Bonchev–Trinajstić information content (AvgIpc) is 3.61. The number of nitrogens with zero attached hydrogens (tertiary/aromatic N) is 5. The maximum absolute atomic E-state index is 12.9. The minimum Gasteiger partial charge on any atom is -0.480 e. The molecule has 3 atom stereocenters. The van der Waals surface area contributed by atoms with Gasteiger partial charge in [0.15, 0.2) is 5.78 Å². The van der Waals surface area contributed by atoms with Gasteiger partial charge >= 0.3 is 31.0 Å². The van der Waals surface area contributed by atoms with Crippen molar-refractivity contribution in [1.29, 1.82) is 0 Å². The molecular weight excluding hydrogens is 725 g/mol. The minimum atomic E-state index is -1.67. The Morgan fingerprint density at radius 3 is 1.69 bits per heavy atom. The number of benzene rings is 1. The number of anilines is 1. The van der Waals surface area contributed by atoms with Crippen LogP contribution in [0.5, 0.6) is 0 Å². The predicted octanol–water partition coefficient (Wildman–Crippen LogP) is -2.50. The molecule has 8 N–H and O–H groups in total. The predicted molar refractivity (Wildman–Crippen MR) is 196 cm³/mol. The summed E-state index contributed by atoms with van der Waals surface area (Å²) in [6.45, 7) is 1.85. The third-order valence-corrected chi connectivity index (χ3v) is 9.65. The van der Waals surface area contributed by atoms with E-state index in [1.807, 2.05) is 0 Å². The second-order valence-electron chi connectivity index (χ2n) is 13.8. The fraction of sp³-hybridized carbons (Fsp3) is 0.618. The zero-order valence-corrected chi connectivity index (χ0v) is 30.9. The van der Waals surface area contributed by atoms with Gasteiger partial charge in [0.2, 0.25) is 5.91 Å². The van der Waals surface area contributed by atoms with Gasteiger partial charge in [0.25, 0.3) is 5.91 Å². The van der Waals surface area contributed by atoms with Crippen LogP contribution in [0.25, 0.3) is 0 Å². The number of likely N-dealkylation sites (tertiary alicyclic amines) is 1. The molecule has 2 fully saturated rings. The highest BCUT2D eigenvalue weighted by atomic mass is 16.4. The van der Waals surface area contributed by atoms with E-state index in [1.165, 1.54) is 24.0 Å². The molecule has 0 radical (unpaired) electrons. The van der Waals surface area contributed by atoms with Crippen LogP contribution < -0.4 is 10.6 Å². The lowest BCUT2D eigenvalue weighted by molar-refractivity contribution is -0.145. The molecule has 20 nitrogen and oxygen atoms in total. The third-order valence-electron chi connectivity index (χ3n) is 9.65. The molecule has 2 saturated heterocycles. The van der Waals surface area contributed by atoms with Gasteiger partial charge in [-0.2, -0.15) is 0 Å². The Kier molecular flexibility index (Phi) is 17.9. The van der Waals surface area contributed by atoms with Gasteiger partial charge in [0, 0.05) is 76.6 Å². The number of carbonyl (C=O) groups excluding carboxylic acids is 3. The van der Waals surface area contributed by atoms with Gasteiger partial charge in [0.1, 0.15) is 12.1 Å². The van der Waals surface area contributed by atoms with Crippen molar-refractivity contribution < 1.29 is 64.0 Å². The number of Topliss-reactive ketones (excluding diaryl/α,β-unsaturated/α-hetero) is 1. The van der Waals surface area contributed by atoms with Crippen LogP contribution in [0.4, 0.5) is 5.69 Å². The summed E-state index contributed by atoms with van der Waals surface area (Å²) in [4.78, 5) is 93.3. The maximum atomic E-state index is 12.9. The standard InChI is InChI=1S/C34H52BN7O13/c1-23(33(51)42-10-2-3-28(42)35(54)55)37-32(50)24-4-6-25(7-5-24)36-19-26(43)8-9-27(34(52)53)41-17-15-39(21-30(46)47)13-11-38(20-29(44)45)12-14-40(16-18-41)22-31(48)49/h4-7,23,27-28,36,54-55H,2-3,8-22H2,1H3,(H,37,50)(H,44,45)(H,46,47)(H,48,49)(H,52,53)/t23-,27?,28+/m1/s1. The van der Waals surface area contributed by atoms with E-state index in [1.54, 1.807) is 31.7 Å². The molecule has 2 aliphatic rings. The van der Waals surface area contributed by atoms with Gasteiger partial charge in [-0.25, -0.2) is 0 Å². The Morgan fingerprint density at radius 1 is 0.745 bits per heavy atom. The van der Waals surface area contributed by atoms with Gasteiger partial charge in [-0.1, -0.05) is 0 Å². The zero-order valence-electron chi connectivity index (χ0n) is 30.9. The molecule has 0 aromatic heterocycles. The van der Waals surface area contributed by atoms with Crippen molar-refractivity contribution in [1.82, 2.24) is 29.8 Å². The van der Waals surface area contributed by atoms with Crippen LogP contribution in [0, 0.1) is 0 Å². The summed E-state index contributed by atoms with van der Waals surface area (Å²) >= 11 is 0. The average molecular weight is 778 g/mol. The van der Waals surface area contributed by atoms with Crippen LogP contribution in [0.2, 0.25) is 0 Å². The molecule has 3 rings (SSSR count). The van der Waals surface area contributed by atoms with E-state index < -0.39 is 60.8 Å². The van der Waals surface area contributed by atoms with Crippen molar-refractivity contribution in [3.8, 4) is 0 Å². The second-order valence-corrected chi connectivity index (χ2v) is 13.8. The first-order valence-corrected chi connectivity index (χ1v) is 18.2. The van der Waals surface area contributed by atoms with Crippen molar-refractivity contribution >= 4 is 54.3 Å². The lowest BCUT2D eigenvalue weighted by Gasteiger charge is -2.35. The van der Waals surface area contributed by atoms with Gasteiger partial charge < -0.3 is 46.0 Å². The number of carboxylic acids is 4. The molecule has 1 unspecified atom stereocenters. The molecular formula is C34H52BN7O13. The van der Waals surface area contributed by atoms with Crippen molar-refractivity contribution in [3.63, 3.8) is 0 Å². The fourth-order valence-electron chi connectivity index (χ4n) is 6.67. The number of aliphatic carboxylic acids is 4. The monoisotopic (exact) mass is 777 g/mol. The number of hydrogen-bond acceptors (Lipinski definition) is 14. The first kappa shape index (κ1) is 44.7.